The molecule has 1 fully saturated rings. The molecular weight excluding hydrogens is 464 g/mol. The number of amides is 2. The lowest BCUT2D eigenvalue weighted by atomic mass is 10.1. The van der Waals surface area contributed by atoms with Gasteiger partial charge in [0.1, 0.15) is 5.70 Å². The van der Waals surface area contributed by atoms with E-state index in [0.717, 1.165) is 22.5 Å². The van der Waals surface area contributed by atoms with Crippen LogP contribution >= 0.6 is 0 Å². The number of para-hydroxylation sites is 1. The van der Waals surface area contributed by atoms with E-state index < -0.39 is 0 Å². The van der Waals surface area contributed by atoms with Crippen molar-refractivity contribution in [2.45, 2.75) is 6.92 Å². The van der Waals surface area contributed by atoms with E-state index >= 15 is 0 Å². The standard InChI is InChI=1S/C30H28N4O3/c1-22-12-14-24(15-13-22)29(35)31-28(30(36)33-16-18-37-19-17-33)21-26-20-27(23-8-4-2-5-9-23)32-34(26)25-10-6-3-7-11-25/h2-15,20-21H,16-19H2,1H3,(H,31,35). The van der Waals surface area contributed by atoms with Gasteiger partial charge in [0.05, 0.1) is 30.3 Å². The summed E-state index contributed by atoms with van der Waals surface area (Å²) >= 11 is 0. The molecule has 3 aromatic carbocycles. The summed E-state index contributed by atoms with van der Waals surface area (Å²) in [7, 11) is 0. The van der Waals surface area contributed by atoms with Crippen LogP contribution in [0.5, 0.6) is 0 Å². The molecule has 4 aromatic rings. The van der Waals surface area contributed by atoms with E-state index in [1.54, 1.807) is 27.8 Å². The number of nitrogens with zero attached hydrogens (tertiary/aromatic N) is 3. The molecule has 0 saturated carbocycles. The fourth-order valence-corrected chi connectivity index (χ4v) is 4.16. The molecule has 1 saturated heterocycles. The maximum Gasteiger partial charge on any atom is 0.270 e. The van der Waals surface area contributed by atoms with E-state index in [9.17, 15) is 9.59 Å². The minimum atomic E-state index is -0.345. The lowest BCUT2D eigenvalue weighted by molar-refractivity contribution is -0.131. The van der Waals surface area contributed by atoms with Gasteiger partial charge in [-0.2, -0.15) is 5.10 Å². The zero-order valence-corrected chi connectivity index (χ0v) is 20.6. The Bertz CT molecular complexity index is 1400. The van der Waals surface area contributed by atoms with Crippen molar-refractivity contribution >= 4 is 17.9 Å². The van der Waals surface area contributed by atoms with Crippen LogP contribution in [0.1, 0.15) is 21.6 Å². The van der Waals surface area contributed by atoms with Crippen molar-refractivity contribution in [3.8, 4) is 16.9 Å². The third-order valence-corrected chi connectivity index (χ3v) is 6.19. The lowest BCUT2D eigenvalue weighted by Gasteiger charge is -2.27. The summed E-state index contributed by atoms with van der Waals surface area (Å²) in [5.41, 5.74) is 4.95. The highest BCUT2D eigenvalue weighted by atomic mass is 16.5. The number of nitrogens with one attached hydrogen (secondary N) is 1. The highest BCUT2D eigenvalue weighted by molar-refractivity contribution is 6.05. The number of carbonyl (C=O) groups excluding carboxylic acids is 2. The van der Waals surface area contributed by atoms with Crippen molar-refractivity contribution in [2.75, 3.05) is 26.3 Å². The summed E-state index contributed by atoms with van der Waals surface area (Å²) < 4.78 is 7.21. The number of morpholine rings is 1. The van der Waals surface area contributed by atoms with Gasteiger partial charge in [0.25, 0.3) is 11.8 Å². The predicted molar refractivity (Wildman–Crippen MR) is 143 cm³/mol. The van der Waals surface area contributed by atoms with Crippen molar-refractivity contribution in [1.29, 1.82) is 0 Å². The highest BCUT2D eigenvalue weighted by Crippen LogP contribution is 2.23. The molecule has 1 aliphatic rings. The van der Waals surface area contributed by atoms with Gasteiger partial charge in [-0.15, -0.1) is 0 Å². The van der Waals surface area contributed by atoms with Gasteiger partial charge >= 0.3 is 0 Å². The first kappa shape index (κ1) is 24.2. The maximum atomic E-state index is 13.6. The summed E-state index contributed by atoms with van der Waals surface area (Å²) in [6.07, 6.45) is 1.70. The number of hydrogen-bond donors (Lipinski definition) is 1. The van der Waals surface area contributed by atoms with Crippen molar-refractivity contribution in [3.05, 3.63) is 114 Å². The van der Waals surface area contributed by atoms with Crippen LogP contribution in [0.3, 0.4) is 0 Å². The lowest BCUT2D eigenvalue weighted by Crippen LogP contribution is -2.44. The molecule has 0 radical (unpaired) electrons. The normalized spacial score (nSPS) is 13.9. The Morgan fingerprint density at radius 1 is 0.892 bits per heavy atom. The van der Waals surface area contributed by atoms with Crippen molar-refractivity contribution in [2.24, 2.45) is 0 Å². The summed E-state index contributed by atoms with van der Waals surface area (Å²) in [4.78, 5) is 28.5. The molecule has 2 amide bonds. The second-order valence-corrected chi connectivity index (χ2v) is 8.85. The van der Waals surface area contributed by atoms with E-state index in [2.05, 4.69) is 5.32 Å². The smallest absolute Gasteiger partial charge is 0.270 e. The Morgan fingerprint density at radius 3 is 2.22 bits per heavy atom. The molecule has 2 heterocycles. The molecule has 0 bridgehead atoms. The first-order chi connectivity index (χ1) is 18.1. The molecule has 1 N–H and O–H groups in total. The molecule has 37 heavy (non-hydrogen) atoms. The first-order valence-corrected chi connectivity index (χ1v) is 12.3. The van der Waals surface area contributed by atoms with Gasteiger partial charge in [0, 0.05) is 24.2 Å². The summed E-state index contributed by atoms with van der Waals surface area (Å²) in [5, 5.41) is 7.71. The van der Waals surface area contributed by atoms with Gasteiger partial charge in [0.15, 0.2) is 0 Å². The van der Waals surface area contributed by atoms with Crippen LogP contribution in [0.25, 0.3) is 23.0 Å². The molecule has 1 aliphatic heterocycles. The van der Waals surface area contributed by atoms with Crippen LogP contribution in [0, 0.1) is 6.92 Å². The Kier molecular flexibility index (Phi) is 7.23. The van der Waals surface area contributed by atoms with E-state index in [4.69, 9.17) is 9.84 Å². The molecule has 0 spiro atoms. The summed E-state index contributed by atoms with van der Waals surface area (Å²) in [5.74, 6) is -0.604. The molecule has 186 valence electrons. The zero-order chi connectivity index (χ0) is 25.6. The molecular formula is C30H28N4O3. The largest absolute Gasteiger partial charge is 0.378 e. The van der Waals surface area contributed by atoms with Gasteiger partial charge in [-0.25, -0.2) is 4.68 Å². The van der Waals surface area contributed by atoms with Gasteiger partial charge < -0.3 is 15.0 Å². The number of hydrogen-bond acceptors (Lipinski definition) is 4. The SMILES string of the molecule is Cc1ccc(C(=O)NC(=Cc2cc(-c3ccccc3)nn2-c2ccccc2)C(=O)N2CCOCC2)cc1. The van der Waals surface area contributed by atoms with Crippen LogP contribution in [0.15, 0.2) is 96.7 Å². The van der Waals surface area contributed by atoms with Crippen LogP contribution in [0.2, 0.25) is 0 Å². The average Bonchev–Trinajstić information content (AvgIpc) is 3.38. The number of carbonyl (C=O) groups is 2. The summed E-state index contributed by atoms with van der Waals surface area (Å²) in [6, 6.07) is 28.8. The third kappa shape index (κ3) is 5.68. The minimum Gasteiger partial charge on any atom is -0.378 e. The zero-order valence-electron chi connectivity index (χ0n) is 20.6. The van der Waals surface area contributed by atoms with Crippen LogP contribution in [-0.4, -0.2) is 52.8 Å². The molecule has 7 nitrogen and oxygen atoms in total. The molecule has 0 atom stereocenters. The molecule has 7 heteroatoms. The van der Waals surface area contributed by atoms with Crippen LogP contribution in [-0.2, 0) is 9.53 Å². The molecule has 0 unspecified atom stereocenters. The van der Waals surface area contributed by atoms with Crippen molar-refractivity contribution < 1.29 is 14.3 Å². The van der Waals surface area contributed by atoms with Crippen molar-refractivity contribution in [3.63, 3.8) is 0 Å². The van der Waals surface area contributed by atoms with Gasteiger partial charge in [-0.3, -0.25) is 9.59 Å². The fraction of sp³-hybridized carbons (Fsp3) is 0.167. The average molecular weight is 493 g/mol. The number of aromatic nitrogens is 2. The molecule has 5 rings (SSSR count). The Balaban J connectivity index is 1.58. The Morgan fingerprint density at radius 2 is 1.54 bits per heavy atom. The monoisotopic (exact) mass is 492 g/mol. The predicted octanol–water partition coefficient (Wildman–Crippen LogP) is 4.48. The van der Waals surface area contributed by atoms with Gasteiger partial charge in [-0.05, 0) is 43.3 Å². The first-order valence-electron chi connectivity index (χ1n) is 12.3. The van der Waals surface area contributed by atoms with E-state index in [1.165, 1.54) is 0 Å². The van der Waals surface area contributed by atoms with E-state index in [0.29, 0.717) is 37.6 Å². The maximum absolute atomic E-state index is 13.6. The third-order valence-electron chi connectivity index (χ3n) is 6.19. The van der Waals surface area contributed by atoms with Crippen molar-refractivity contribution in [1.82, 2.24) is 20.0 Å². The second-order valence-electron chi connectivity index (χ2n) is 8.85. The molecule has 1 aromatic heterocycles. The Labute approximate surface area is 216 Å². The topological polar surface area (TPSA) is 76.5 Å². The summed E-state index contributed by atoms with van der Waals surface area (Å²) in [6.45, 7) is 3.81. The number of benzene rings is 3. The van der Waals surface area contributed by atoms with Gasteiger partial charge in [0.2, 0.25) is 0 Å². The minimum absolute atomic E-state index is 0.184. The Hall–Kier alpha value is -4.49. The second kappa shape index (κ2) is 11.1. The van der Waals surface area contributed by atoms with Crippen LogP contribution < -0.4 is 5.32 Å². The number of rotatable bonds is 6. The number of aryl methyl sites for hydroxylation is 1. The van der Waals surface area contributed by atoms with Gasteiger partial charge in [-0.1, -0.05) is 66.2 Å². The van der Waals surface area contributed by atoms with Crippen LogP contribution in [0.4, 0.5) is 0 Å². The highest BCUT2D eigenvalue weighted by Gasteiger charge is 2.24. The van der Waals surface area contributed by atoms with E-state index in [-0.39, 0.29) is 17.5 Å². The fourth-order valence-electron chi connectivity index (χ4n) is 4.16. The number of ether oxygens (including phenoxy) is 1. The molecule has 0 aliphatic carbocycles. The van der Waals surface area contributed by atoms with E-state index in [1.807, 2.05) is 85.8 Å². The quantitative estimate of drug-likeness (QED) is 0.403.